The number of aromatic nitrogens is 4. The van der Waals surface area contributed by atoms with Crippen molar-refractivity contribution in [2.75, 3.05) is 26.2 Å². The maximum absolute atomic E-state index is 15.5. The van der Waals surface area contributed by atoms with Crippen molar-refractivity contribution in [3.8, 4) is 5.19 Å². The van der Waals surface area contributed by atoms with Crippen LogP contribution in [0.4, 0.5) is 13.2 Å². The van der Waals surface area contributed by atoms with Crippen LogP contribution in [0.2, 0.25) is 0 Å². The fourth-order valence-electron chi connectivity index (χ4n) is 4.66. The van der Waals surface area contributed by atoms with Crippen LogP contribution in [0.3, 0.4) is 0 Å². The number of fused-ring (bicyclic) bond motifs is 1. The van der Waals surface area contributed by atoms with E-state index in [1.807, 2.05) is 0 Å². The van der Waals surface area contributed by atoms with Gasteiger partial charge in [0, 0.05) is 50.9 Å². The molecule has 0 atom stereocenters. The quantitative estimate of drug-likeness (QED) is 0.554. The van der Waals surface area contributed by atoms with Gasteiger partial charge in [-0.1, -0.05) is 11.3 Å². The van der Waals surface area contributed by atoms with Gasteiger partial charge in [0.05, 0.1) is 24.0 Å². The Bertz CT molecular complexity index is 974. The van der Waals surface area contributed by atoms with Crippen LogP contribution in [0, 0.1) is 0 Å². The minimum Gasteiger partial charge on any atom is -0.464 e. The van der Waals surface area contributed by atoms with Crippen LogP contribution in [0.1, 0.15) is 55.3 Å². The van der Waals surface area contributed by atoms with E-state index in [9.17, 15) is 13.6 Å². The Morgan fingerprint density at radius 2 is 2.06 bits per heavy atom. The standard InChI is InChI=1S/C23H33F3N6O2S/c1-22(24,25)15-34-21-29-18-5-10-32(11-6-19(18)35-21)12-9-23(26)7-3-16(4-8-23)28-20(33)13-17-14-27-31(2)30-17/h14,16H,3-13,15H2,1-2H3,(H,28,33). The third-order valence-corrected chi connectivity index (χ3v) is 7.71. The molecule has 4 rings (SSSR count). The number of amides is 1. The molecule has 1 amide bonds. The molecule has 1 N–H and O–H groups in total. The minimum atomic E-state index is -2.88. The second-order valence-electron chi connectivity index (χ2n) is 9.79. The summed E-state index contributed by atoms with van der Waals surface area (Å²) in [6.07, 6.45) is 5.82. The van der Waals surface area contributed by atoms with Gasteiger partial charge in [-0.15, -0.1) is 0 Å². The van der Waals surface area contributed by atoms with Crippen molar-refractivity contribution >= 4 is 17.2 Å². The maximum Gasteiger partial charge on any atom is 0.278 e. The zero-order chi connectivity index (χ0) is 25.1. The Balaban J connectivity index is 1.17. The number of nitrogens with zero attached hydrogens (tertiary/aromatic N) is 5. The first kappa shape index (κ1) is 25.9. The molecule has 0 unspecified atom stereocenters. The summed E-state index contributed by atoms with van der Waals surface area (Å²) < 4.78 is 46.7. The number of ether oxygens (including phenoxy) is 1. The van der Waals surface area contributed by atoms with E-state index < -0.39 is 18.2 Å². The van der Waals surface area contributed by atoms with E-state index in [2.05, 4.69) is 25.4 Å². The lowest BCUT2D eigenvalue weighted by Gasteiger charge is -2.35. The lowest BCUT2D eigenvalue weighted by atomic mass is 9.81. The Labute approximate surface area is 207 Å². The molecule has 0 bridgehead atoms. The number of thiazole rings is 1. The van der Waals surface area contributed by atoms with Crippen LogP contribution < -0.4 is 10.1 Å². The van der Waals surface area contributed by atoms with E-state index in [1.54, 1.807) is 13.2 Å². The first-order valence-corrected chi connectivity index (χ1v) is 12.9. The highest BCUT2D eigenvalue weighted by Crippen LogP contribution is 2.35. The summed E-state index contributed by atoms with van der Waals surface area (Å²) in [4.78, 5) is 21.4. The van der Waals surface area contributed by atoms with E-state index in [1.165, 1.54) is 16.1 Å². The fourth-order valence-corrected chi connectivity index (χ4v) is 5.60. The number of halogens is 3. The van der Waals surface area contributed by atoms with Crippen LogP contribution in [-0.2, 0) is 31.1 Å². The van der Waals surface area contributed by atoms with Gasteiger partial charge in [-0.3, -0.25) is 4.79 Å². The maximum atomic E-state index is 15.5. The highest BCUT2D eigenvalue weighted by atomic mass is 32.1. The molecule has 0 aromatic carbocycles. The van der Waals surface area contributed by atoms with E-state index in [0.717, 1.165) is 37.0 Å². The molecule has 194 valence electrons. The van der Waals surface area contributed by atoms with Gasteiger partial charge in [0.25, 0.3) is 11.1 Å². The predicted octanol–water partition coefficient (Wildman–Crippen LogP) is 3.11. The number of carbonyl (C=O) groups is 1. The molecule has 35 heavy (non-hydrogen) atoms. The van der Waals surface area contributed by atoms with Gasteiger partial charge < -0.3 is 15.0 Å². The Morgan fingerprint density at radius 3 is 2.74 bits per heavy atom. The Hall–Kier alpha value is -2.21. The van der Waals surface area contributed by atoms with Crippen molar-refractivity contribution in [1.82, 2.24) is 30.2 Å². The molecule has 3 heterocycles. The molecule has 8 nitrogen and oxygen atoms in total. The molecule has 2 aliphatic rings. The molecule has 2 aromatic rings. The monoisotopic (exact) mass is 514 g/mol. The van der Waals surface area contributed by atoms with Crippen molar-refractivity contribution in [3.63, 3.8) is 0 Å². The van der Waals surface area contributed by atoms with Gasteiger partial charge in [-0.2, -0.15) is 15.0 Å². The number of aryl methyl sites for hydroxylation is 1. The summed E-state index contributed by atoms with van der Waals surface area (Å²) in [6, 6.07) is -0.00707. The van der Waals surface area contributed by atoms with Gasteiger partial charge in [-0.25, -0.2) is 18.2 Å². The van der Waals surface area contributed by atoms with Crippen LogP contribution >= 0.6 is 11.3 Å². The molecule has 1 aliphatic carbocycles. The first-order chi connectivity index (χ1) is 16.6. The highest BCUT2D eigenvalue weighted by Gasteiger charge is 2.36. The summed E-state index contributed by atoms with van der Waals surface area (Å²) in [7, 11) is 1.70. The molecule has 12 heteroatoms. The van der Waals surface area contributed by atoms with Crippen molar-refractivity contribution in [2.24, 2.45) is 7.05 Å². The molecule has 1 saturated carbocycles. The topological polar surface area (TPSA) is 85.2 Å². The summed E-state index contributed by atoms with van der Waals surface area (Å²) in [5.41, 5.74) is 0.307. The second kappa shape index (κ2) is 10.8. The van der Waals surface area contributed by atoms with Gasteiger partial charge in [0.1, 0.15) is 5.67 Å². The lowest BCUT2D eigenvalue weighted by molar-refractivity contribution is -0.121. The van der Waals surface area contributed by atoms with Crippen LogP contribution in [0.15, 0.2) is 6.20 Å². The number of hydrogen-bond donors (Lipinski definition) is 1. The molecule has 1 aliphatic heterocycles. The number of nitrogens with one attached hydrogen (secondary N) is 1. The Kier molecular flexibility index (Phi) is 7.99. The zero-order valence-electron chi connectivity index (χ0n) is 20.2. The largest absolute Gasteiger partial charge is 0.464 e. The van der Waals surface area contributed by atoms with E-state index in [0.29, 0.717) is 56.0 Å². The molecular formula is C23H33F3N6O2S. The summed E-state index contributed by atoms with van der Waals surface area (Å²) in [5, 5.41) is 11.4. The fraction of sp³-hybridized carbons (Fsp3) is 0.739. The second-order valence-corrected chi connectivity index (χ2v) is 10.8. The van der Waals surface area contributed by atoms with E-state index in [-0.39, 0.29) is 18.4 Å². The molecular weight excluding hydrogens is 481 g/mol. The molecule has 1 fully saturated rings. The van der Waals surface area contributed by atoms with Gasteiger partial charge >= 0.3 is 0 Å². The van der Waals surface area contributed by atoms with Gasteiger partial charge in [0.2, 0.25) is 5.91 Å². The van der Waals surface area contributed by atoms with Crippen molar-refractivity contribution in [3.05, 3.63) is 22.5 Å². The van der Waals surface area contributed by atoms with Crippen LogP contribution in [0.5, 0.6) is 5.19 Å². The number of carbonyl (C=O) groups excluding carboxylic acids is 1. The molecule has 2 aromatic heterocycles. The lowest BCUT2D eigenvalue weighted by Crippen LogP contribution is -2.43. The number of hydrogen-bond acceptors (Lipinski definition) is 7. The molecule has 0 saturated heterocycles. The van der Waals surface area contributed by atoms with E-state index in [4.69, 9.17) is 4.74 Å². The van der Waals surface area contributed by atoms with Gasteiger partial charge in [-0.05, 0) is 38.5 Å². The minimum absolute atomic E-state index is 0.00707. The summed E-state index contributed by atoms with van der Waals surface area (Å²) in [5.74, 6) is -2.99. The molecule has 0 spiro atoms. The van der Waals surface area contributed by atoms with Gasteiger partial charge in [0.15, 0.2) is 6.61 Å². The third-order valence-electron chi connectivity index (χ3n) is 6.64. The summed E-state index contributed by atoms with van der Waals surface area (Å²) in [6.45, 7) is 2.37. The van der Waals surface area contributed by atoms with Crippen LogP contribution in [-0.4, -0.2) is 74.7 Å². The first-order valence-electron chi connectivity index (χ1n) is 12.1. The summed E-state index contributed by atoms with van der Waals surface area (Å²) >= 11 is 1.33. The zero-order valence-corrected chi connectivity index (χ0v) is 21.1. The normalized spacial score (nSPS) is 23.5. The predicted molar refractivity (Wildman–Crippen MR) is 126 cm³/mol. The molecule has 0 radical (unpaired) electrons. The smallest absolute Gasteiger partial charge is 0.278 e. The SMILES string of the molecule is Cn1ncc(CC(=O)NC2CCC(F)(CCN3CCc4nc(OCC(C)(F)F)sc4CC3)CC2)n1. The highest BCUT2D eigenvalue weighted by molar-refractivity contribution is 7.13. The van der Waals surface area contributed by atoms with Crippen molar-refractivity contribution in [1.29, 1.82) is 0 Å². The third kappa shape index (κ3) is 7.63. The Morgan fingerprint density at radius 1 is 1.31 bits per heavy atom. The van der Waals surface area contributed by atoms with E-state index >= 15 is 4.39 Å². The number of alkyl halides is 3. The van der Waals surface area contributed by atoms with Crippen LogP contribution in [0.25, 0.3) is 0 Å². The average Bonchev–Trinajstić information content (AvgIpc) is 3.33. The average molecular weight is 515 g/mol. The van der Waals surface area contributed by atoms with Crippen molar-refractivity contribution < 1.29 is 22.7 Å². The number of rotatable bonds is 9. The van der Waals surface area contributed by atoms with Crippen molar-refractivity contribution in [2.45, 2.75) is 75.9 Å².